The van der Waals surface area contributed by atoms with Crippen LogP contribution in [-0.4, -0.2) is 23.8 Å². The van der Waals surface area contributed by atoms with E-state index in [4.69, 9.17) is 9.47 Å². The molecule has 0 spiro atoms. The fourth-order valence-corrected chi connectivity index (χ4v) is 1.89. The second-order valence-electron chi connectivity index (χ2n) is 4.72. The predicted octanol–water partition coefficient (Wildman–Crippen LogP) is 2.88. The molecule has 0 N–H and O–H groups in total. The average molecular weight is 273 g/mol. The molecule has 4 nitrogen and oxygen atoms in total. The zero-order chi connectivity index (χ0) is 14.5. The van der Waals surface area contributed by atoms with Crippen LogP contribution in [0, 0.1) is 13.8 Å². The Morgan fingerprint density at radius 2 is 1.95 bits per heavy atom. The van der Waals surface area contributed by atoms with Crippen molar-refractivity contribution in [2.75, 3.05) is 13.2 Å². The molecule has 1 aromatic carbocycles. The minimum Gasteiger partial charge on any atom is -0.490 e. The highest BCUT2D eigenvalue weighted by Crippen LogP contribution is 2.12. The minimum atomic E-state index is -0.326. The van der Waals surface area contributed by atoms with Crippen LogP contribution >= 0.6 is 0 Å². The maximum absolute atomic E-state index is 11.8. The van der Waals surface area contributed by atoms with Crippen LogP contribution in [0.5, 0.6) is 5.75 Å². The first kappa shape index (κ1) is 14.2. The Morgan fingerprint density at radius 3 is 2.60 bits per heavy atom. The molecule has 0 atom stereocenters. The van der Waals surface area contributed by atoms with Gasteiger partial charge in [0.2, 0.25) is 0 Å². The third-order valence-electron chi connectivity index (χ3n) is 3.16. The van der Waals surface area contributed by atoms with Gasteiger partial charge in [0.25, 0.3) is 0 Å². The standard InChI is InChI=1S/C16H19NO3/c1-12-5-4-6-14(11-12)19-9-10-20-16(18)15-8-7-13(2)17(15)3/h4-8,11H,9-10H2,1-3H3. The van der Waals surface area contributed by atoms with Crippen LogP contribution in [0.2, 0.25) is 0 Å². The molecule has 0 aliphatic heterocycles. The highest BCUT2D eigenvalue weighted by Gasteiger charge is 2.11. The molecule has 0 fully saturated rings. The van der Waals surface area contributed by atoms with Gasteiger partial charge in [0.1, 0.15) is 24.7 Å². The molecule has 0 amide bonds. The summed E-state index contributed by atoms with van der Waals surface area (Å²) in [6, 6.07) is 11.4. The lowest BCUT2D eigenvalue weighted by Crippen LogP contribution is -2.15. The number of rotatable bonds is 5. The molecule has 0 saturated carbocycles. The Morgan fingerprint density at radius 1 is 1.15 bits per heavy atom. The van der Waals surface area contributed by atoms with E-state index in [0.29, 0.717) is 12.3 Å². The Labute approximate surface area is 118 Å². The van der Waals surface area contributed by atoms with Gasteiger partial charge in [-0.15, -0.1) is 0 Å². The normalized spacial score (nSPS) is 10.3. The van der Waals surface area contributed by atoms with Gasteiger partial charge in [0.15, 0.2) is 0 Å². The molecule has 0 radical (unpaired) electrons. The van der Waals surface area contributed by atoms with Crippen molar-refractivity contribution in [3.05, 3.63) is 53.3 Å². The third-order valence-corrected chi connectivity index (χ3v) is 3.16. The van der Waals surface area contributed by atoms with E-state index in [9.17, 15) is 4.79 Å². The Hall–Kier alpha value is -2.23. The van der Waals surface area contributed by atoms with Crippen LogP contribution in [-0.2, 0) is 11.8 Å². The molecule has 0 unspecified atom stereocenters. The fourth-order valence-electron chi connectivity index (χ4n) is 1.89. The molecule has 106 valence electrons. The van der Waals surface area contributed by atoms with Crippen LogP contribution < -0.4 is 4.74 Å². The summed E-state index contributed by atoms with van der Waals surface area (Å²) in [7, 11) is 1.84. The Balaban J connectivity index is 1.79. The van der Waals surface area contributed by atoms with Gasteiger partial charge < -0.3 is 14.0 Å². The maximum Gasteiger partial charge on any atom is 0.355 e. The number of carbonyl (C=O) groups excluding carboxylic acids is 1. The number of hydrogen-bond donors (Lipinski definition) is 0. The number of aromatic nitrogens is 1. The smallest absolute Gasteiger partial charge is 0.355 e. The summed E-state index contributed by atoms with van der Waals surface area (Å²) in [4.78, 5) is 11.8. The van der Waals surface area contributed by atoms with Gasteiger partial charge in [-0.2, -0.15) is 0 Å². The quantitative estimate of drug-likeness (QED) is 0.621. The summed E-state index contributed by atoms with van der Waals surface area (Å²) >= 11 is 0. The van der Waals surface area contributed by atoms with Gasteiger partial charge >= 0.3 is 5.97 Å². The van der Waals surface area contributed by atoms with E-state index in [1.165, 1.54) is 0 Å². The van der Waals surface area contributed by atoms with Crippen molar-refractivity contribution in [3.63, 3.8) is 0 Å². The summed E-state index contributed by atoms with van der Waals surface area (Å²) in [5.41, 5.74) is 2.71. The van der Waals surface area contributed by atoms with Crippen LogP contribution in [0.25, 0.3) is 0 Å². The number of ether oxygens (including phenoxy) is 2. The van der Waals surface area contributed by atoms with Crippen LogP contribution in [0.3, 0.4) is 0 Å². The summed E-state index contributed by atoms with van der Waals surface area (Å²) in [5.74, 6) is 0.462. The molecule has 2 aromatic rings. The molecule has 20 heavy (non-hydrogen) atoms. The minimum absolute atomic E-state index is 0.233. The van der Waals surface area contributed by atoms with Crippen molar-refractivity contribution in [2.24, 2.45) is 7.05 Å². The fraction of sp³-hybridized carbons (Fsp3) is 0.312. The first-order valence-electron chi connectivity index (χ1n) is 6.57. The lowest BCUT2D eigenvalue weighted by molar-refractivity contribution is 0.0439. The molecule has 1 heterocycles. The van der Waals surface area contributed by atoms with Gasteiger partial charge in [-0.1, -0.05) is 12.1 Å². The van der Waals surface area contributed by atoms with Crippen LogP contribution in [0.15, 0.2) is 36.4 Å². The third kappa shape index (κ3) is 3.41. The van der Waals surface area contributed by atoms with E-state index < -0.39 is 0 Å². The van der Waals surface area contributed by atoms with E-state index in [-0.39, 0.29) is 12.6 Å². The van der Waals surface area contributed by atoms with Crippen molar-refractivity contribution in [1.29, 1.82) is 0 Å². The van der Waals surface area contributed by atoms with Gasteiger partial charge in [-0.25, -0.2) is 4.79 Å². The molecule has 0 bridgehead atoms. The molecule has 2 rings (SSSR count). The number of benzene rings is 1. The number of hydrogen-bond acceptors (Lipinski definition) is 3. The second kappa shape index (κ2) is 6.28. The first-order valence-corrected chi connectivity index (χ1v) is 6.57. The summed E-state index contributed by atoms with van der Waals surface area (Å²) in [6.07, 6.45) is 0. The van der Waals surface area contributed by atoms with Gasteiger partial charge in [0, 0.05) is 12.7 Å². The summed E-state index contributed by atoms with van der Waals surface area (Å²) in [6.45, 7) is 4.53. The highest BCUT2D eigenvalue weighted by atomic mass is 16.6. The molecule has 0 aliphatic rings. The van der Waals surface area contributed by atoms with Crippen molar-refractivity contribution < 1.29 is 14.3 Å². The zero-order valence-corrected chi connectivity index (χ0v) is 12.1. The molecule has 1 aromatic heterocycles. The van der Waals surface area contributed by atoms with Gasteiger partial charge in [-0.3, -0.25) is 0 Å². The maximum atomic E-state index is 11.8. The predicted molar refractivity (Wildman–Crippen MR) is 77.1 cm³/mol. The number of carbonyl (C=O) groups is 1. The molecular weight excluding hydrogens is 254 g/mol. The Bertz CT molecular complexity index is 602. The van der Waals surface area contributed by atoms with Crippen molar-refractivity contribution in [2.45, 2.75) is 13.8 Å². The van der Waals surface area contributed by atoms with Crippen LogP contribution in [0.4, 0.5) is 0 Å². The van der Waals surface area contributed by atoms with Gasteiger partial charge in [-0.05, 0) is 43.7 Å². The lowest BCUT2D eigenvalue weighted by Gasteiger charge is -2.08. The van der Waals surface area contributed by atoms with E-state index in [2.05, 4.69) is 0 Å². The zero-order valence-electron chi connectivity index (χ0n) is 12.1. The summed E-state index contributed by atoms with van der Waals surface area (Å²) < 4.78 is 12.5. The molecule has 4 heteroatoms. The van der Waals surface area contributed by atoms with E-state index in [1.807, 2.05) is 55.8 Å². The SMILES string of the molecule is Cc1cccc(OCCOC(=O)c2ccc(C)n2C)c1. The number of esters is 1. The monoisotopic (exact) mass is 273 g/mol. The molecule has 0 saturated heterocycles. The topological polar surface area (TPSA) is 40.5 Å². The highest BCUT2D eigenvalue weighted by molar-refractivity contribution is 5.87. The second-order valence-corrected chi connectivity index (χ2v) is 4.72. The Kier molecular flexibility index (Phi) is 4.45. The number of aryl methyl sites for hydroxylation is 2. The number of nitrogens with zero attached hydrogens (tertiary/aromatic N) is 1. The van der Waals surface area contributed by atoms with Gasteiger partial charge in [0.05, 0.1) is 0 Å². The van der Waals surface area contributed by atoms with Crippen molar-refractivity contribution in [3.8, 4) is 5.75 Å². The summed E-state index contributed by atoms with van der Waals surface area (Å²) in [5, 5.41) is 0. The van der Waals surface area contributed by atoms with Crippen molar-refractivity contribution >= 4 is 5.97 Å². The first-order chi connectivity index (χ1) is 9.58. The van der Waals surface area contributed by atoms with E-state index in [1.54, 1.807) is 6.07 Å². The molecule has 0 aliphatic carbocycles. The molecular formula is C16H19NO3. The largest absolute Gasteiger partial charge is 0.490 e. The van der Waals surface area contributed by atoms with Crippen LogP contribution in [0.1, 0.15) is 21.7 Å². The van der Waals surface area contributed by atoms with Crippen molar-refractivity contribution in [1.82, 2.24) is 4.57 Å². The lowest BCUT2D eigenvalue weighted by atomic mass is 10.2. The average Bonchev–Trinajstić information content (AvgIpc) is 2.75. The van der Waals surface area contributed by atoms with E-state index >= 15 is 0 Å². The van der Waals surface area contributed by atoms with E-state index in [0.717, 1.165) is 17.0 Å².